The molecule has 0 saturated carbocycles. The van der Waals surface area contributed by atoms with Crippen LogP contribution in [0.1, 0.15) is 20.8 Å². The molecule has 1 atom stereocenters. The van der Waals surface area contributed by atoms with Gasteiger partial charge in [0.1, 0.15) is 11.6 Å². The summed E-state index contributed by atoms with van der Waals surface area (Å²) in [5.74, 6) is -0.909. The topological polar surface area (TPSA) is 46.2 Å². The number of carbonyl (C=O) groups excluding carboxylic acids is 1. The number of rotatable bonds is 3. The van der Waals surface area contributed by atoms with E-state index in [9.17, 15) is 13.4 Å². The van der Waals surface area contributed by atoms with Crippen LogP contribution in [0.4, 0.5) is 4.39 Å². The van der Waals surface area contributed by atoms with E-state index in [2.05, 4.69) is 5.32 Å². The molecule has 1 unspecified atom stereocenters. The molecule has 0 heterocycles. The Balaban J connectivity index is 2.64. The van der Waals surface area contributed by atoms with Gasteiger partial charge in [-0.3, -0.25) is 9.00 Å². The van der Waals surface area contributed by atoms with Crippen LogP contribution in [-0.4, -0.2) is 21.4 Å². The molecule has 1 rings (SSSR count). The Hall–Kier alpha value is -1.23. The summed E-state index contributed by atoms with van der Waals surface area (Å²) in [5, 5.41) is 2.71. The molecule has 0 aliphatic heterocycles. The lowest BCUT2D eigenvalue weighted by Crippen LogP contribution is -2.42. The number of carbonyl (C=O) groups is 1. The van der Waals surface area contributed by atoms with Gasteiger partial charge in [-0.15, -0.1) is 0 Å². The van der Waals surface area contributed by atoms with Crippen molar-refractivity contribution in [1.29, 1.82) is 0 Å². The molecule has 1 N–H and O–H groups in total. The first-order chi connectivity index (χ1) is 7.78. The number of halogens is 1. The summed E-state index contributed by atoms with van der Waals surface area (Å²) in [5.41, 5.74) is -0.358. The van der Waals surface area contributed by atoms with E-state index in [1.165, 1.54) is 18.2 Å². The third-order valence-corrected chi connectivity index (χ3v) is 3.14. The minimum Gasteiger partial charge on any atom is -0.351 e. The van der Waals surface area contributed by atoms with E-state index in [4.69, 9.17) is 0 Å². The highest BCUT2D eigenvalue weighted by molar-refractivity contribution is 7.85. The molecular formula is C12H16FNO2S. The van der Waals surface area contributed by atoms with E-state index in [1.54, 1.807) is 6.07 Å². The lowest BCUT2D eigenvalue weighted by atomic mass is 10.1. The van der Waals surface area contributed by atoms with Gasteiger partial charge in [-0.2, -0.15) is 0 Å². The molecule has 0 aliphatic rings. The fourth-order valence-electron chi connectivity index (χ4n) is 1.27. The van der Waals surface area contributed by atoms with Crippen LogP contribution in [-0.2, 0) is 15.6 Å². The molecule has 0 fully saturated rings. The molecule has 3 nitrogen and oxygen atoms in total. The Kier molecular flexibility index (Phi) is 4.40. The van der Waals surface area contributed by atoms with Crippen LogP contribution in [0, 0.1) is 5.82 Å². The van der Waals surface area contributed by atoms with Gasteiger partial charge in [-0.25, -0.2) is 4.39 Å². The Labute approximate surface area is 103 Å². The van der Waals surface area contributed by atoms with Gasteiger partial charge in [0.15, 0.2) is 0 Å². The Bertz CT molecular complexity index is 440. The molecule has 1 amide bonds. The van der Waals surface area contributed by atoms with Crippen molar-refractivity contribution in [3.63, 3.8) is 0 Å². The van der Waals surface area contributed by atoms with Crippen LogP contribution in [0.5, 0.6) is 0 Å². The fraction of sp³-hybridized carbons (Fsp3) is 0.417. The predicted octanol–water partition coefficient (Wildman–Crippen LogP) is 1.85. The van der Waals surface area contributed by atoms with Crippen molar-refractivity contribution < 1.29 is 13.4 Å². The highest BCUT2D eigenvalue weighted by Crippen LogP contribution is 2.09. The van der Waals surface area contributed by atoms with Crippen LogP contribution in [0.25, 0.3) is 0 Å². The Morgan fingerprint density at radius 1 is 1.41 bits per heavy atom. The van der Waals surface area contributed by atoms with Crippen LogP contribution in [0.3, 0.4) is 0 Å². The molecule has 0 radical (unpaired) electrons. The predicted molar refractivity (Wildman–Crippen MR) is 65.6 cm³/mol. The molecule has 1 aromatic carbocycles. The maximum Gasteiger partial charge on any atom is 0.233 e. The first-order valence-corrected chi connectivity index (χ1v) is 6.55. The summed E-state index contributed by atoms with van der Waals surface area (Å²) in [7, 11) is -1.51. The van der Waals surface area contributed by atoms with E-state index in [0.29, 0.717) is 4.90 Å². The fourth-order valence-corrected chi connectivity index (χ4v) is 2.22. The van der Waals surface area contributed by atoms with Gasteiger partial charge in [-0.05, 0) is 39.0 Å². The molecule has 94 valence electrons. The number of hydrogen-bond acceptors (Lipinski definition) is 2. The summed E-state index contributed by atoms with van der Waals surface area (Å²) in [6, 6.07) is 5.48. The largest absolute Gasteiger partial charge is 0.351 e. The monoisotopic (exact) mass is 257 g/mol. The summed E-state index contributed by atoms with van der Waals surface area (Å²) in [6.07, 6.45) is 0. The van der Waals surface area contributed by atoms with E-state index < -0.39 is 16.6 Å². The third-order valence-electron chi connectivity index (χ3n) is 1.84. The molecule has 0 aromatic heterocycles. The van der Waals surface area contributed by atoms with Crippen molar-refractivity contribution in [2.24, 2.45) is 0 Å². The first-order valence-electron chi connectivity index (χ1n) is 5.23. The van der Waals surface area contributed by atoms with E-state index in [-0.39, 0.29) is 17.2 Å². The average molecular weight is 257 g/mol. The number of benzene rings is 1. The van der Waals surface area contributed by atoms with Gasteiger partial charge in [0.25, 0.3) is 0 Å². The third kappa shape index (κ3) is 5.08. The standard InChI is InChI=1S/C12H16FNO2S/c1-12(2,3)14-11(15)8-17(16)10-6-4-5-9(13)7-10/h4-7H,8H2,1-3H3,(H,14,15). The lowest BCUT2D eigenvalue weighted by molar-refractivity contribution is -0.119. The minimum atomic E-state index is -1.51. The van der Waals surface area contributed by atoms with Crippen molar-refractivity contribution in [2.75, 3.05) is 5.75 Å². The van der Waals surface area contributed by atoms with Gasteiger partial charge in [-0.1, -0.05) is 6.07 Å². The zero-order valence-electron chi connectivity index (χ0n) is 10.1. The van der Waals surface area contributed by atoms with Crippen molar-refractivity contribution in [3.05, 3.63) is 30.1 Å². The normalized spacial score (nSPS) is 13.2. The van der Waals surface area contributed by atoms with E-state index >= 15 is 0 Å². The lowest BCUT2D eigenvalue weighted by Gasteiger charge is -2.20. The quantitative estimate of drug-likeness (QED) is 0.898. The maximum absolute atomic E-state index is 12.9. The second-order valence-electron chi connectivity index (χ2n) is 4.75. The van der Waals surface area contributed by atoms with Crippen molar-refractivity contribution in [1.82, 2.24) is 5.32 Å². The SMILES string of the molecule is CC(C)(C)NC(=O)CS(=O)c1cccc(F)c1. The molecule has 0 bridgehead atoms. The van der Waals surface area contributed by atoms with Crippen LogP contribution < -0.4 is 5.32 Å². The van der Waals surface area contributed by atoms with Crippen LogP contribution >= 0.6 is 0 Å². The highest BCUT2D eigenvalue weighted by atomic mass is 32.2. The molecule has 0 spiro atoms. The Morgan fingerprint density at radius 2 is 2.06 bits per heavy atom. The number of hydrogen-bond donors (Lipinski definition) is 1. The van der Waals surface area contributed by atoms with Gasteiger partial charge in [0, 0.05) is 10.4 Å². The van der Waals surface area contributed by atoms with Gasteiger partial charge in [0.05, 0.1) is 10.8 Å². The van der Waals surface area contributed by atoms with E-state index in [1.807, 2.05) is 20.8 Å². The average Bonchev–Trinajstić information content (AvgIpc) is 2.14. The zero-order chi connectivity index (χ0) is 13.1. The molecule has 5 heteroatoms. The van der Waals surface area contributed by atoms with Gasteiger partial charge >= 0.3 is 0 Å². The van der Waals surface area contributed by atoms with Crippen LogP contribution in [0.2, 0.25) is 0 Å². The number of amides is 1. The van der Waals surface area contributed by atoms with Crippen molar-refractivity contribution in [3.8, 4) is 0 Å². The maximum atomic E-state index is 12.9. The summed E-state index contributed by atoms with van der Waals surface area (Å²) < 4.78 is 24.7. The summed E-state index contributed by atoms with van der Waals surface area (Å²) in [6.45, 7) is 5.53. The second-order valence-corrected chi connectivity index (χ2v) is 6.20. The van der Waals surface area contributed by atoms with E-state index in [0.717, 1.165) is 0 Å². The van der Waals surface area contributed by atoms with Gasteiger partial charge in [0.2, 0.25) is 5.91 Å². The number of nitrogens with one attached hydrogen (secondary N) is 1. The zero-order valence-corrected chi connectivity index (χ0v) is 10.9. The summed E-state index contributed by atoms with van der Waals surface area (Å²) >= 11 is 0. The molecular weight excluding hydrogens is 241 g/mol. The molecule has 0 aliphatic carbocycles. The van der Waals surface area contributed by atoms with Gasteiger partial charge < -0.3 is 5.32 Å². The van der Waals surface area contributed by atoms with Crippen molar-refractivity contribution >= 4 is 16.7 Å². The van der Waals surface area contributed by atoms with Crippen LogP contribution in [0.15, 0.2) is 29.2 Å². The second kappa shape index (κ2) is 5.40. The molecule has 1 aromatic rings. The first kappa shape index (κ1) is 13.8. The molecule has 0 saturated heterocycles. The smallest absolute Gasteiger partial charge is 0.233 e. The van der Waals surface area contributed by atoms with Crippen molar-refractivity contribution in [2.45, 2.75) is 31.2 Å². The minimum absolute atomic E-state index is 0.152. The Morgan fingerprint density at radius 3 is 2.59 bits per heavy atom. The highest BCUT2D eigenvalue weighted by Gasteiger charge is 2.16. The summed E-state index contributed by atoms with van der Waals surface area (Å²) in [4.78, 5) is 11.9. The molecule has 17 heavy (non-hydrogen) atoms.